The summed E-state index contributed by atoms with van der Waals surface area (Å²) < 4.78 is 0. The molecule has 31 heavy (non-hydrogen) atoms. The van der Waals surface area contributed by atoms with E-state index in [9.17, 15) is 0 Å². The number of likely N-dealkylation sites (N-methyl/N-ethyl adjacent to an activating group) is 1. The normalized spacial score (nSPS) is 18.1. The van der Waals surface area contributed by atoms with Gasteiger partial charge in [0, 0.05) is 25.2 Å². The third-order valence-electron chi connectivity index (χ3n) is 5.55. The number of pyridine rings is 2. The number of nitrogens with one attached hydrogen (secondary N) is 2. The van der Waals surface area contributed by atoms with Crippen molar-refractivity contribution in [1.82, 2.24) is 25.1 Å². The lowest BCUT2D eigenvalue weighted by Gasteiger charge is -2.11. The summed E-state index contributed by atoms with van der Waals surface area (Å²) in [5, 5.41) is 19.3. The predicted octanol–water partition coefficient (Wildman–Crippen LogP) is 3.79. The molecule has 0 aromatic carbocycles. The summed E-state index contributed by atoms with van der Waals surface area (Å²) >= 11 is 0. The molecule has 3 aromatic rings. The quantitative estimate of drug-likeness (QED) is 0.568. The maximum atomic E-state index is 7.86. The maximum Gasteiger partial charge on any atom is 0.154 e. The van der Waals surface area contributed by atoms with Crippen molar-refractivity contribution < 1.29 is 0 Å². The number of nitrogens with zero attached hydrogens (tertiary/aromatic N) is 6. The van der Waals surface area contributed by atoms with Gasteiger partial charge in [-0.1, -0.05) is 13.8 Å². The third kappa shape index (κ3) is 5.08. The predicted molar refractivity (Wildman–Crippen MR) is 125 cm³/mol. The van der Waals surface area contributed by atoms with Gasteiger partial charge in [-0.3, -0.25) is 9.98 Å². The van der Waals surface area contributed by atoms with Crippen LogP contribution < -0.4 is 5.32 Å². The average Bonchev–Trinajstić information content (AvgIpc) is 3.19. The molecule has 2 atom stereocenters. The molecule has 3 aromatic heterocycles. The van der Waals surface area contributed by atoms with Crippen LogP contribution in [0.1, 0.15) is 43.2 Å². The second kappa shape index (κ2) is 9.26. The van der Waals surface area contributed by atoms with Crippen molar-refractivity contribution in [3.05, 3.63) is 47.8 Å². The van der Waals surface area contributed by atoms with Crippen LogP contribution in [0.15, 0.2) is 41.7 Å². The van der Waals surface area contributed by atoms with Crippen LogP contribution >= 0.6 is 0 Å². The summed E-state index contributed by atoms with van der Waals surface area (Å²) in [5.74, 6) is 1.50. The minimum absolute atomic E-state index is 0.213. The Labute approximate surface area is 182 Å². The molecule has 4 heterocycles. The molecule has 4 rings (SSSR count). The monoisotopic (exact) mass is 416 g/mol. The smallest absolute Gasteiger partial charge is 0.154 e. The minimum Gasteiger partial charge on any atom is -0.323 e. The molecule has 8 heteroatoms. The fraction of sp³-hybridized carbons (Fsp3) is 0.391. The number of likely N-dealkylation sites (tertiary alicyclic amines) is 1. The highest BCUT2D eigenvalue weighted by atomic mass is 15.2. The van der Waals surface area contributed by atoms with Crippen molar-refractivity contribution in [3.63, 3.8) is 0 Å². The molecule has 1 aliphatic heterocycles. The Morgan fingerprint density at radius 3 is 2.77 bits per heavy atom. The van der Waals surface area contributed by atoms with Crippen molar-refractivity contribution in [3.8, 4) is 0 Å². The summed E-state index contributed by atoms with van der Waals surface area (Å²) in [7, 11) is 2.11. The van der Waals surface area contributed by atoms with Crippen molar-refractivity contribution >= 4 is 35.1 Å². The lowest BCUT2D eigenvalue weighted by Crippen LogP contribution is -2.16. The van der Waals surface area contributed by atoms with Gasteiger partial charge in [-0.05, 0) is 61.3 Å². The molecule has 0 radical (unpaired) electrons. The molecule has 0 aliphatic carbocycles. The largest absolute Gasteiger partial charge is 0.323 e. The van der Waals surface area contributed by atoms with Crippen LogP contribution in [0.2, 0.25) is 0 Å². The van der Waals surface area contributed by atoms with Crippen LogP contribution in [0.25, 0.3) is 11.0 Å². The summed E-state index contributed by atoms with van der Waals surface area (Å²) in [6.45, 7) is 6.28. The second-order valence-electron chi connectivity index (χ2n) is 8.35. The highest BCUT2D eigenvalue weighted by Crippen LogP contribution is 2.22. The van der Waals surface area contributed by atoms with Crippen molar-refractivity contribution in [1.29, 1.82) is 5.41 Å². The lowest BCUT2D eigenvalue weighted by molar-refractivity contribution is 0.412. The lowest BCUT2D eigenvalue weighted by atomic mass is 10.0. The van der Waals surface area contributed by atoms with E-state index in [1.807, 2.05) is 30.5 Å². The number of hydrogen-bond acceptors (Lipinski definition) is 8. The van der Waals surface area contributed by atoms with Gasteiger partial charge in [0.05, 0.1) is 29.2 Å². The van der Waals surface area contributed by atoms with E-state index < -0.39 is 0 Å². The average molecular weight is 417 g/mol. The standard InChI is InChI=1S/C23H28N8/c1-15(2)16-9-23(30-27-13-16)29-22-5-4-20-21(28-22)8-17(11-26-20)18(10-24)12-25-19-6-7-31(3)14-19/h4-5,8-13,15,18-19,24H,6-7,14H2,1-3H3,(H,28,29,30)/t18?,19-/m1/s1. The van der Waals surface area contributed by atoms with E-state index >= 15 is 0 Å². The van der Waals surface area contributed by atoms with Crippen molar-refractivity contribution in [2.75, 3.05) is 25.5 Å². The Bertz CT molecular complexity index is 1090. The minimum atomic E-state index is -0.213. The van der Waals surface area contributed by atoms with Gasteiger partial charge < -0.3 is 15.6 Å². The first-order valence-corrected chi connectivity index (χ1v) is 10.6. The Balaban J connectivity index is 1.55. The molecule has 8 nitrogen and oxygen atoms in total. The number of rotatable bonds is 7. The van der Waals surface area contributed by atoms with Crippen LogP contribution in [0.5, 0.6) is 0 Å². The number of aliphatic imine (C=N–C) groups is 1. The molecule has 160 valence electrons. The van der Waals surface area contributed by atoms with E-state index in [0.29, 0.717) is 23.6 Å². The Morgan fingerprint density at radius 2 is 2.03 bits per heavy atom. The zero-order chi connectivity index (χ0) is 21.8. The van der Waals surface area contributed by atoms with E-state index in [4.69, 9.17) is 15.4 Å². The molecule has 0 amide bonds. The van der Waals surface area contributed by atoms with Crippen LogP contribution in [0, 0.1) is 5.41 Å². The number of hydrogen-bond donors (Lipinski definition) is 2. The molecule has 1 saturated heterocycles. The van der Waals surface area contributed by atoms with E-state index in [2.05, 4.69) is 46.3 Å². The summed E-state index contributed by atoms with van der Waals surface area (Å²) in [5.41, 5.74) is 3.58. The summed E-state index contributed by atoms with van der Waals surface area (Å²) in [6.07, 6.45) is 7.92. The van der Waals surface area contributed by atoms with Gasteiger partial charge >= 0.3 is 0 Å². The van der Waals surface area contributed by atoms with E-state index in [1.54, 1.807) is 12.4 Å². The number of aromatic nitrogens is 4. The topological polar surface area (TPSA) is 103 Å². The third-order valence-corrected chi connectivity index (χ3v) is 5.55. The highest BCUT2D eigenvalue weighted by Gasteiger charge is 2.18. The van der Waals surface area contributed by atoms with Crippen LogP contribution in [-0.4, -0.2) is 63.7 Å². The number of anilines is 2. The van der Waals surface area contributed by atoms with Gasteiger partial charge in [0.25, 0.3) is 0 Å². The number of fused-ring (bicyclic) bond motifs is 1. The Hall–Kier alpha value is -3.26. The second-order valence-corrected chi connectivity index (χ2v) is 8.35. The molecular formula is C23H28N8. The Morgan fingerprint density at radius 1 is 1.16 bits per heavy atom. The maximum absolute atomic E-state index is 7.86. The molecular weight excluding hydrogens is 388 g/mol. The fourth-order valence-electron chi connectivity index (χ4n) is 3.64. The molecule has 1 fully saturated rings. The molecule has 2 N–H and O–H groups in total. The van der Waals surface area contributed by atoms with Crippen LogP contribution in [0.4, 0.5) is 11.6 Å². The SMILES string of the molecule is CC(C)c1cnnc(Nc2ccc3ncc(C(C=N)C=N[C@@H]4CCN(C)C4)cc3n2)c1. The zero-order valence-electron chi connectivity index (χ0n) is 18.2. The summed E-state index contributed by atoms with van der Waals surface area (Å²) in [4.78, 5) is 16.2. The van der Waals surface area contributed by atoms with E-state index in [-0.39, 0.29) is 5.92 Å². The van der Waals surface area contributed by atoms with Crippen molar-refractivity contribution in [2.45, 2.75) is 38.1 Å². The molecule has 0 saturated carbocycles. The summed E-state index contributed by atoms with van der Waals surface area (Å²) in [6, 6.07) is 8.07. The van der Waals surface area contributed by atoms with E-state index in [0.717, 1.165) is 41.7 Å². The van der Waals surface area contributed by atoms with E-state index in [1.165, 1.54) is 6.21 Å². The van der Waals surface area contributed by atoms with Crippen molar-refractivity contribution in [2.24, 2.45) is 4.99 Å². The van der Waals surface area contributed by atoms with Crippen LogP contribution in [0.3, 0.4) is 0 Å². The van der Waals surface area contributed by atoms with Gasteiger partial charge in [0.15, 0.2) is 5.82 Å². The first-order valence-electron chi connectivity index (χ1n) is 10.6. The molecule has 0 bridgehead atoms. The molecule has 1 unspecified atom stereocenters. The van der Waals surface area contributed by atoms with Gasteiger partial charge in [-0.2, -0.15) is 5.10 Å². The highest BCUT2D eigenvalue weighted by molar-refractivity contribution is 5.90. The fourth-order valence-corrected chi connectivity index (χ4v) is 3.64. The first-order chi connectivity index (χ1) is 15.0. The van der Waals surface area contributed by atoms with Gasteiger partial charge in [-0.15, -0.1) is 5.10 Å². The van der Waals surface area contributed by atoms with Gasteiger partial charge in [0.2, 0.25) is 0 Å². The van der Waals surface area contributed by atoms with Gasteiger partial charge in [0.1, 0.15) is 5.82 Å². The van der Waals surface area contributed by atoms with Crippen LogP contribution in [-0.2, 0) is 0 Å². The molecule has 1 aliphatic rings. The first kappa shape index (κ1) is 21.0. The Kier molecular flexibility index (Phi) is 6.27. The molecule has 0 spiro atoms. The zero-order valence-corrected chi connectivity index (χ0v) is 18.2. The van der Waals surface area contributed by atoms with Gasteiger partial charge in [-0.25, -0.2) is 4.98 Å².